The van der Waals surface area contributed by atoms with Gasteiger partial charge in [-0.3, -0.25) is 0 Å². The molecule has 1 heterocycles. The Morgan fingerprint density at radius 2 is 1.52 bits per heavy atom. The Kier molecular flexibility index (Phi) is 5.07. The molecule has 0 aliphatic heterocycles. The quantitative estimate of drug-likeness (QED) is 0.426. The molecule has 0 atom stereocenters. The van der Waals surface area contributed by atoms with Gasteiger partial charge in [0, 0.05) is 11.8 Å². The number of carbonyl (C=O) groups excluding carboxylic acids is 1. The summed E-state index contributed by atoms with van der Waals surface area (Å²) in [5.74, 6) is 0. The maximum absolute atomic E-state index is 13.7. The third-order valence-electron chi connectivity index (χ3n) is 5.06. The fourth-order valence-electron chi connectivity index (χ4n) is 3.69. The first-order valence-electron chi connectivity index (χ1n) is 9.47. The zero-order chi connectivity index (χ0) is 20.4. The minimum Gasteiger partial charge on any atom is -0.303 e. The van der Waals surface area contributed by atoms with Crippen molar-refractivity contribution in [3.05, 3.63) is 90.0 Å². The number of aryl methyl sites for hydroxylation is 2. The van der Waals surface area contributed by atoms with Gasteiger partial charge in [0.15, 0.2) is 0 Å². The largest absolute Gasteiger partial charge is 0.303 e. The van der Waals surface area contributed by atoms with Gasteiger partial charge in [-0.2, -0.15) is 0 Å². The summed E-state index contributed by atoms with van der Waals surface area (Å²) >= 11 is 0. The lowest BCUT2D eigenvalue weighted by molar-refractivity contribution is -0.107. The predicted octanol–water partition coefficient (Wildman–Crippen LogP) is 4.99. The van der Waals surface area contributed by atoms with E-state index in [0.717, 1.165) is 28.4 Å². The van der Waals surface area contributed by atoms with Crippen LogP contribution in [0.3, 0.4) is 0 Å². The van der Waals surface area contributed by atoms with Gasteiger partial charge in [-0.25, -0.2) is 12.4 Å². The number of aromatic nitrogens is 1. The molecule has 4 rings (SSSR count). The molecule has 0 spiro atoms. The Hall–Kier alpha value is -3.18. The Balaban J connectivity index is 2.10. The molecule has 29 heavy (non-hydrogen) atoms. The van der Waals surface area contributed by atoms with E-state index in [-0.39, 0.29) is 4.90 Å². The zero-order valence-corrected chi connectivity index (χ0v) is 16.9. The second-order valence-electron chi connectivity index (χ2n) is 7.00. The van der Waals surface area contributed by atoms with Crippen molar-refractivity contribution < 1.29 is 13.2 Å². The van der Waals surface area contributed by atoms with Crippen molar-refractivity contribution in [1.82, 2.24) is 3.97 Å². The third-order valence-corrected chi connectivity index (χ3v) is 6.78. The van der Waals surface area contributed by atoms with Crippen molar-refractivity contribution in [2.75, 3.05) is 0 Å². The Labute approximate surface area is 170 Å². The van der Waals surface area contributed by atoms with Crippen LogP contribution in [0.2, 0.25) is 0 Å². The van der Waals surface area contributed by atoms with Crippen LogP contribution in [0.25, 0.3) is 22.2 Å². The Morgan fingerprint density at radius 3 is 2.21 bits per heavy atom. The zero-order valence-electron chi connectivity index (χ0n) is 16.1. The fraction of sp³-hybridized carbons (Fsp3) is 0.125. The van der Waals surface area contributed by atoms with E-state index in [1.165, 1.54) is 3.97 Å². The van der Waals surface area contributed by atoms with E-state index in [9.17, 15) is 13.2 Å². The van der Waals surface area contributed by atoms with Gasteiger partial charge < -0.3 is 4.79 Å². The number of nitrogens with zero attached hydrogens (tertiary/aromatic N) is 1. The second-order valence-corrected chi connectivity index (χ2v) is 8.78. The molecule has 146 valence electrons. The van der Waals surface area contributed by atoms with Crippen molar-refractivity contribution in [3.8, 4) is 11.3 Å². The number of hydrogen-bond acceptors (Lipinski definition) is 3. The van der Waals surface area contributed by atoms with Gasteiger partial charge in [-0.15, -0.1) is 0 Å². The molecule has 0 N–H and O–H groups in total. The highest BCUT2D eigenvalue weighted by Gasteiger charge is 2.27. The van der Waals surface area contributed by atoms with Crippen LogP contribution in [-0.4, -0.2) is 18.7 Å². The first-order chi connectivity index (χ1) is 14.0. The highest BCUT2D eigenvalue weighted by atomic mass is 32.2. The van der Waals surface area contributed by atoms with Crippen LogP contribution < -0.4 is 0 Å². The van der Waals surface area contributed by atoms with E-state index in [1.807, 2.05) is 61.5 Å². The SMILES string of the molecule is Cc1ccc(S(=O)(=O)n2c(-c3ccccc3)c(CCC=O)c3ccccc32)cc1. The van der Waals surface area contributed by atoms with Gasteiger partial charge in [0.2, 0.25) is 0 Å². The van der Waals surface area contributed by atoms with Gasteiger partial charge in [0.25, 0.3) is 10.0 Å². The molecular formula is C24H21NO3S. The number of benzene rings is 3. The average molecular weight is 404 g/mol. The summed E-state index contributed by atoms with van der Waals surface area (Å²) in [6.45, 7) is 1.92. The number of para-hydroxylation sites is 1. The normalized spacial score (nSPS) is 11.6. The molecule has 0 aliphatic rings. The van der Waals surface area contributed by atoms with Crippen LogP contribution >= 0.6 is 0 Å². The van der Waals surface area contributed by atoms with Gasteiger partial charge in [0.05, 0.1) is 16.1 Å². The van der Waals surface area contributed by atoms with Crippen LogP contribution in [-0.2, 0) is 21.2 Å². The standard InChI is InChI=1S/C24H21NO3S/c1-18-13-15-20(16-14-18)29(27,28)25-23-12-6-5-10-21(23)22(11-7-17-26)24(25)19-8-3-2-4-9-19/h2-6,8-10,12-17H,7,11H2,1H3. The van der Waals surface area contributed by atoms with Crippen molar-refractivity contribution in [2.24, 2.45) is 0 Å². The first kappa shape index (κ1) is 19.2. The van der Waals surface area contributed by atoms with E-state index in [4.69, 9.17) is 0 Å². The molecular weight excluding hydrogens is 382 g/mol. The maximum atomic E-state index is 13.7. The first-order valence-corrected chi connectivity index (χ1v) is 10.9. The smallest absolute Gasteiger partial charge is 0.268 e. The van der Waals surface area contributed by atoms with Crippen molar-refractivity contribution >= 4 is 27.2 Å². The summed E-state index contributed by atoms with van der Waals surface area (Å²) in [4.78, 5) is 11.3. The molecule has 5 heteroatoms. The highest BCUT2D eigenvalue weighted by molar-refractivity contribution is 7.90. The third kappa shape index (κ3) is 3.38. The molecule has 1 aromatic heterocycles. The van der Waals surface area contributed by atoms with E-state index in [1.54, 1.807) is 24.3 Å². The van der Waals surface area contributed by atoms with Crippen molar-refractivity contribution in [3.63, 3.8) is 0 Å². The van der Waals surface area contributed by atoms with Crippen LogP contribution in [0.1, 0.15) is 17.5 Å². The summed E-state index contributed by atoms with van der Waals surface area (Å²) in [6, 6.07) is 23.8. The van der Waals surface area contributed by atoms with E-state index in [0.29, 0.717) is 24.1 Å². The molecule has 0 saturated heterocycles. The number of carbonyl (C=O) groups is 1. The lowest BCUT2D eigenvalue weighted by Crippen LogP contribution is -2.14. The lowest BCUT2D eigenvalue weighted by atomic mass is 10.0. The second kappa shape index (κ2) is 7.68. The summed E-state index contributed by atoms with van der Waals surface area (Å²) in [5, 5.41) is 0.851. The molecule has 4 nitrogen and oxygen atoms in total. The van der Waals surface area contributed by atoms with Crippen LogP contribution in [0, 0.1) is 6.92 Å². The topological polar surface area (TPSA) is 56.1 Å². The maximum Gasteiger partial charge on any atom is 0.268 e. The van der Waals surface area contributed by atoms with Gasteiger partial charge in [-0.1, -0.05) is 66.2 Å². The van der Waals surface area contributed by atoms with Crippen LogP contribution in [0.15, 0.2) is 83.8 Å². The molecule has 0 fully saturated rings. The monoisotopic (exact) mass is 403 g/mol. The number of rotatable bonds is 6. The molecule has 0 saturated carbocycles. The molecule has 0 radical (unpaired) electrons. The van der Waals surface area contributed by atoms with E-state index >= 15 is 0 Å². The van der Waals surface area contributed by atoms with Crippen LogP contribution in [0.5, 0.6) is 0 Å². The van der Waals surface area contributed by atoms with Gasteiger partial charge in [-0.05, 0) is 42.7 Å². The minimum absolute atomic E-state index is 0.239. The Morgan fingerprint density at radius 1 is 0.862 bits per heavy atom. The molecule has 0 aliphatic carbocycles. The summed E-state index contributed by atoms with van der Waals surface area (Å²) < 4.78 is 28.9. The van der Waals surface area contributed by atoms with Crippen molar-refractivity contribution in [1.29, 1.82) is 0 Å². The number of hydrogen-bond donors (Lipinski definition) is 0. The summed E-state index contributed by atoms with van der Waals surface area (Å²) in [6.07, 6.45) is 1.68. The lowest BCUT2D eigenvalue weighted by Gasteiger charge is -2.14. The van der Waals surface area contributed by atoms with E-state index in [2.05, 4.69) is 0 Å². The fourth-order valence-corrected chi connectivity index (χ4v) is 5.25. The summed E-state index contributed by atoms with van der Waals surface area (Å²) in [7, 11) is -3.84. The number of aldehydes is 1. The molecule has 0 bridgehead atoms. The number of fused-ring (bicyclic) bond motifs is 1. The molecule has 0 unspecified atom stereocenters. The highest BCUT2D eigenvalue weighted by Crippen LogP contribution is 2.37. The Bertz CT molecular complexity index is 1270. The van der Waals surface area contributed by atoms with Gasteiger partial charge >= 0.3 is 0 Å². The predicted molar refractivity (Wildman–Crippen MR) is 116 cm³/mol. The van der Waals surface area contributed by atoms with E-state index < -0.39 is 10.0 Å². The van der Waals surface area contributed by atoms with Crippen LogP contribution in [0.4, 0.5) is 0 Å². The van der Waals surface area contributed by atoms with Crippen molar-refractivity contribution in [2.45, 2.75) is 24.7 Å². The molecule has 4 aromatic rings. The van der Waals surface area contributed by atoms with Gasteiger partial charge in [0.1, 0.15) is 6.29 Å². The summed E-state index contributed by atoms with van der Waals surface area (Å²) in [5.41, 5.74) is 3.91. The minimum atomic E-state index is -3.84. The average Bonchev–Trinajstić information content (AvgIpc) is 3.08. The molecule has 0 amide bonds. The molecule has 3 aromatic carbocycles.